The number of thioether (sulfide) groups is 4. The van der Waals surface area contributed by atoms with E-state index >= 15 is 0 Å². The van der Waals surface area contributed by atoms with E-state index in [0.29, 0.717) is 10.1 Å². The number of hydrogen-bond acceptors (Lipinski definition) is 8. The Balaban J connectivity index is 3.62. The van der Waals surface area contributed by atoms with Gasteiger partial charge in [0.05, 0.1) is 10.1 Å². The summed E-state index contributed by atoms with van der Waals surface area (Å²) in [5, 5.41) is 1.39. The zero-order valence-electron chi connectivity index (χ0n) is 22.9. The number of carbonyl (C=O) groups excluding carboxylic acids is 2. The van der Waals surface area contributed by atoms with E-state index in [0.717, 1.165) is 61.5 Å². The highest BCUT2D eigenvalue weighted by Crippen LogP contribution is 2.19. The predicted molar refractivity (Wildman–Crippen MR) is 170 cm³/mol. The van der Waals surface area contributed by atoms with Crippen molar-refractivity contribution in [2.45, 2.75) is 117 Å². The topological polar surface area (TPSA) is 86.2 Å². The Kier molecular flexibility index (Phi) is 27.7. The van der Waals surface area contributed by atoms with Gasteiger partial charge in [0.25, 0.3) is 0 Å². The second kappa shape index (κ2) is 27.8. The van der Waals surface area contributed by atoms with E-state index in [4.69, 9.17) is 11.5 Å². The van der Waals surface area contributed by atoms with Gasteiger partial charge in [0.1, 0.15) is 0 Å². The maximum absolute atomic E-state index is 12.0. The number of hydrogen-bond donors (Lipinski definition) is 2. The molecule has 0 bridgehead atoms. The van der Waals surface area contributed by atoms with Crippen LogP contribution in [0.3, 0.4) is 0 Å². The zero-order valence-corrected chi connectivity index (χ0v) is 26.2. The van der Waals surface area contributed by atoms with E-state index in [1.54, 1.807) is 35.7 Å². The van der Waals surface area contributed by atoms with E-state index in [1.165, 1.54) is 87.7 Å². The van der Waals surface area contributed by atoms with Crippen molar-refractivity contribution in [3.05, 3.63) is 22.2 Å². The first-order chi connectivity index (χ1) is 17.5. The van der Waals surface area contributed by atoms with E-state index in [-0.39, 0.29) is 10.2 Å². The predicted octanol–water partition coefficient (Wildman–Crippen LogP) is 8.85. The van der Waals surface area contributed by atoms with Crippen LogP contribution < -0.4 is 11.5 Å². The van der Waals surface area contributed by atoms with E-state index < -0.39 is 0 Å². The largest absolute Gasteiger partial charge is 0.393 e. The second-order valence-corrected chi connectivity index (χ2v) is 13.6. The molecule has 0 atom stereocenters. The molecule has 0 amide bonds. The van der Waals surface area contributed by atoms with Crippen molar-refractivity contribution in [2.24, 2.45) is 11.5 Å². The van der Waals surface area contributed by atoms with Gasteiger partial charge in [0, 0.05) is 23.7 Å². The summed E-state index contributed by atoms with van der Waals surface area (Å²) >= 11 is 5.90. The Labute approximate surface area is 239 Å². The lowest BCUT2D eigenvalue weighted by molar-refractivity contribution is -0.107. The first-order valence-electron chi connectivity index (χ1n) is 14.0. The van der Waals surface area contributed by atoms with Crippen molar-refractivity contribution >= 4 is 57.3 Å². The third-order valence-corrected chi connectivity index (χ3v) is 9.26. The fourth-order valence-corrected chi connectivity index (χ4v) is 6.67. The molecule has 0 rings (SSSR count). The van der Waals surface area contributed by atoms with Crippen LogP contribution in [0.5, 0.6) is 0 Å². The zero-order chi connectivity index (χ0) is 26.7. The second-order valence-electron chi connectivity index (χ2n) is 9.08. The Morgan fingerprint density at radius 1 is 0.472 bits per heavy atom. The highest BCUT2D eigenvalue weighted by molar-refractivity contribution is 8.14. The summed E-state index contributed by atoms with van der Waals surface area (Å²) in [6, 6.07) is 0. The van der Waals surface area contributed by atoms with Gasteiger partial charge in [-0.15, -0.1) is 23.5 Å². The molecule has 0 saturated heterocycles. The van der Waals surface area contributed by atoms with Gasteiger partial charge < -0.3 is 11.5 Å². The molecule has 0 aromatic rings. The summed E-state index contributed by atoms with van der Waals surface area (Å²) < 4.78 is 0. The summed E-state index contributed by atoms with van der Waals surface area (Å²) in [7, 11) is 0. The van der Waals surface area contributed by atoms with Crippen molar-refractivity contribution in [1.29, 1.82) is 0 Å². The van der Waals surface area contributed by atoms with Crippen molar-refractivity contribution in [3.63, 3.8) is 0 Å². The van der Waals surface area contributed by atoms with Gasteiger partial charge in [0.15, 0.2) is 0 Å². The quantitative estimate of drug-likeness (QED) is 0.0823. The molecule has 0 saturated carbocycles. The maximum atomic E-state index is 12.0. The third kappa shape index (κ3) is 26.9. The van der Waals surface area contributed by atoms with Crippen LogP contribution in [0, 0.1) is 0 Å². The van der Waals surface area contributed by atoms with Crippen LogP contribution in [0.25, 0.3) is 0 Å². The molecule has 0 aromatic carbocycles. The van der Waals surface area contributed by atoms with Crippen molar-refractivity contribution in [1.82, 2.24) is 0 Å². The molecule has 8 heteroatoms. The summed E-state index contributed by atoms with van der Waals surface area (Å²) in [5.41, 5.74) is 11.9. The molecule has 210 valence electrons. The standard InChI is InChI=1S/C28H52N2O2S4/c1-3-5-7-9-11-15-19-33-25(29)23-27(31)35-21-17-13-14-18-22-36-28(32)24-26(30)34-20-16-12-10-8-6-4-2/h23-24H,3-22,29-30H2,1-2H3. The molecular formula is C28H52N2O2S4. The molecule has 4 nitrogen and oxygen atoms in total. The normalized spacial score (nSPS) is 12.3. The van der Waals surface area contributed by atoms with E-state index in [1.807, 2.05) is 0 Å². The molecule has 0 heterocycles. The first-order valence-corrected chi connectivity index (χ1v) is 18.0. The summed E-state index contributed by atoms with van der Waals surface area (Å²) in [5.74, 6) is 3.64. The van der Waals surface area contributed by atoms with Crippen LogP contribution in [0.2, 0.25) is 0 Å². The SMILES string of the molecule is CCCCCCCCSC(N)=CC(=O)SCCCCCCSC(=O)C=C(N)SCCCCCCCC. The fraction of sp³-hybridized carbons (Fsp3) is 0.786. The first kappa shape index (κ1) is 35.8. The summed E-state index contributed by atoms with van der Waals surface area (Å²) in [6.45, 7) is 4.46. The molecule has 0 aliphatic carbocycles. The van der Waals surface area contributed by atoms with Crippen molar-refractivity contribution < 1.29 is 9.59 Å². The molecule has 4 N–H and O–H groups in total. The fourth-order valence-electron chi connectivity index (χ4n) is 3.45. The Bertz CT molecular complexity index is 560. The average molecular weight is 577 g/mol. The number of rotatable bonds is 25. The number of unbranched alkanes of at least 4 members (excludes halogenated alkanes) is 13. The molecule has 36 heavy (non-hydrogen) atoms. The maximum Gasteiger partial charge on any atom is 0.214 e. The van der Waals surface area contributed by atoms with Gasteiger partial charge >= 0.3 is 0 Å². The van der Waals surface area contributed by atoms with Crippen LogP contribution in [0.1, 0.15) is 117 Å². The molecule has 0 aliphatic rings. The minimum Gasteiger partial charge on any atom is -0.393 e. The van der Waals surface area contributed by atoms with Crippen LogP contribution in [0.4, 0.5) is 0 Å². The summed E-state index contributed by atoms with van der Waals surface area (Å²) in [6.07, 6.45) is 22.6. The van der Waals surface area contributed by atoms with E-state index in [2.05, 4.69) is 13.8 Å². The Morgan fingerprint density at radius 3 is 1.08 bits per heavy atom. The lowest BCUT2D eigenvalue weighted by atomic mass is 10.1. The molecule has 0 aromatic heterocycles. The highest BCUT2D eigenvalue weighted by atomic mass is 32.2. The molecule has 0 unspecified atom stereocenters. The summed E-state index contributed by atoms with van der Waals surface area (Å²) in [4.78, 5) is 24.1. The number of nitrogens with two attached hydrogens (primary N) is 2. The molecule has 0 radical (unpaired) electrons. The van der Waals surface area contributed by atoms with Gasteiger partial charge in [-0.1, -0.05) is 114 Å². The molecule has 0 fully saturated rings. The van der Waals surface area contributed by atoms with Crippen molar-refractivity contribution in [3.8, 4) is 0 Å². The minimum atomic E-state index is 0.0582. The van der Waals surface area contributed by atoms with Crippen LogP contribution in [-0.2, 0) is 9.59 Å². The highest BCUT2D eigenvalue weighted by Gasteiger charge is 2.04. The Morgan fingerprint density at radius 2 is 0.750 bits per heavy atom. The van der Waals surface area contributed by atoms with Crippen LogP contribution in [0.15, 0.2) is 22.2 Å². The molecule has 0 spiro atoms. The van der Waals surface area contributed by atoms with Gasteiger partial charge in [-0.25, -0.2) is 0 Å². The monoisotopic (exact) mass is 576 g/mol. The van der Waals surface area contributed by atoms with E-state index in [9.17, 15) is 9.59 Å². The minimum absolute atomic E-state index is 0.0582. The molecular weight excluding hydrogens is 525 g/mol. The van der Waals surface area contributed by atoms with Crippen molar-refractivity contribution in [2.75, 3.05) is 23.0 Å². The van der Waals surface area contributed by atoms with Gasteiger partial charge in [-0.3, -0.25) is 9.59 Å². The van der Waals surface area contributed by atoms with Crippen LogP contribution >= 0.6 is 47.0 Å². The van der Waals surface area contributed by atoms with Crippen LogP contribution in [-0.4, -0.2) is 33.2 Å². The lowest BCUT2D eigenvalue weighted by Gasteiger charge is -2.03. The number of carbonyl (C=O) groups is 2. The van der Waals surface area contributed by atoms with Gasteiger partial charge in [-0.05, 0) is 37.2 Å². The smallest absolute Gasteiger partial charge is 0.214 e. The van der Waals surface area contributed by atoms with Gasteiger partial charge in [-0.2, -0.15) is 0 Å². The lowest BCUT2D eigenvalue weighted by Crippen LogP contribution is -1.99. The average Bonchev–Trinajstić information content (AvgIpc) is 2.84. The molecule has 0 aliphatic heterocycles. The van der Waals surface area contributed by atoms with Gasteiger partial charge in [0.2, 0.25) is 10.2 Å². The third-order valence-electron chi connectivity index (χ3n) is 5.58. The Hall–Kier alpha value is -0.180.